The third-order valence-electron chi connectivity index (χ3n) is 2.28. The third-order valence-corrected chi connectivity index (χ3v) is 2.97. The standard InChI is InChI=1S/C9H10Cl2N2/c10-7-4-6(5-13-9(7)11)8-2-1-3-12-8/h4-5,8,12H,1-3H2. The van der Waals surface area contributed by atoms with E-state index in [4.69, 9.17) is 23.2 Å². The summed E-state index contributed by atoms with van der Waals surface area (Å²) in [5, 5.41) is 4.29. The molecular weight excluding hydrogens is 207 g/mol. The minimum atomic E-state index is 0.378. The number of hydrogen-bond acceptors (Lipinski definition) is 2. The number of pyridine rings is 1. The number of rotatable bonds is 1. The van der Waals surface area contributed by atoms with E-state index in [9.17, 15) is 0 Å². The fourth-order valence-electron chi connectivity index (χ4n) is 1.60. The van der Waals surface area contributed by atoms with Gasteiger partial charge in [0.05, 0.1) is 5.02 Å². The number of hydrogen-bond donors (Lipinski definition) is 1. The highest BCUT2D eigenvalue weighted by Crippen LogP contribution is 2.27. The molecule has 1 fully saturated rings. The SMILES string of the molecule is Clc1cc(C2CCCN2)cnc1Cl. The van der Waals surface area contributed by atoms with Crippen LogP contribution in [0.1, 0.15) is 24.4 Å². The maximum absolute atomic E-state index is 5.87. The second-order valence-electron chi connectivity index (χ2n) is 3.19. The molecule has 2 nitrogen and oxygen atoms in total. The minimum absolute atomic E-state index is 0.378. The van der Waals surface area contributed by atoms with Gasteiger partial charge in [-0.25, -0.2) is 4.98 Å². The second kappa shape index (κ2) is 3.82. The summed E-state index contributed by atoms with van der Waals surface area (Å²) in [6, 6.07) is 2.29. The summed E-state index contributed by atoms with van der Waals surface area (Å²) in [6.45, 7) is 1.07. The second-order valence-corrected chi connectivity index (χ2v) is 3.96. The van der Waals surface area contributed by atoms with Gasteiger partial charge in [0.15, 0.2) is 0 Å². The van der Waals surface area contributed by atoms with E-state index in [1.807, 2.05) is 6.07 Å². The van der Waals surface area contributed by atoms with E-state index in [0.29, 0.717) is 16.2 Å². The van der Waals surface area contributed by atoms with E-state index in [0.717, 1.165) is 18.5 Å². The zero-order valence-electron chi connectivity index (χ0n) is 7.06. The largest absolute Gasteiger partial charge is 0.310 e. The molecule has 1 saturated heterocycles. The van der Waals surface area contributed by atoms with Crippen molar-refractivity contribution < 1.29 is 0 Å². The highest BCUT2D eigenvalue weighted by molar-refractivity contribution is 6.41. The van der Waals surface area contributed by atoms with Crippen molar-refractivity contribution in [2.24, 2.45) is 0 Å². The number of nitrogens with one attached hydrogen (secondary N) is 1. The van der Waals surface area contributed by atoms with E-state index >= 15 is 0 Å². The molecule has 4 heteroatoms. The van der Waals surface area contributed by atoms with Crippen LogP contribution in [0.4, 0.5) is 0 Å². The fraction of sp³-hybridized carbons (Fsp3) is 0.444. The van der Waals surface area contributed by atoms with Crippen LogP contribution in [0.2, 0.25) is 10.2 Å². The van der Waals surface area contributed by atoms with Crippen LogP contribution in [-0.4, -0.2) is 11.5 Å². The van der Waals surface area contributed by atoms with Gasteiger partial charge in [0.2, 0.25) is 0 Å². The molecule has 1 aromatic rings. The predicted molar refractivity (Wildman–Crippen MR) is 54.2 cm³/mol. The van der Waals surface area contributed by atoms with Crippen molar-refractivity contribution >= 4 is 23.2 Å². The van der Waals surface area contributed by atoms with Gasteiger partial charge < -0.3 is 5.32 Å². The molecule has 13 heavy (non-hydrogen) atoms. The number of aromatic nitrogens is 1. The Labute approximate surface area is 87.3 Å². The molecule has 0 spiro atoms. The molecule has 2 rings (SSSR count). The van der Waals surface area contributed by atoms with Gasteiger partial charge in [0.1, 0.15) is 5.15 Å². The Balaban J connectivity index is 2.25. The van der Waals surface area contributed by atoms with E-state index in [-0.39, 0.29) is 0 Å². The van der Waals surface area contributed by atoms with E-state index in [2.05, 4.69) is 10.3 Å². The Bertz CT molecular complexity index is 308. The van der Waals surface area contributed by atoms with Gasteiger partial charge in [0, 0.05) is 12.2 Å². The van der Waals surface area contributed by atoms with Gasteiger partial charge in [-0.15, -0.1) is 0 Å². The first-order valence-electron chi connectivity index (χ1n) is 4.31. The van der Waals surface area contributed by atoms with Crippen molar-refractivity contribution in [3.63, 3.8) is 0 Å². The van der Waals surface area contributed by atoms with E-state index in [1.54, 1.807) is 6.20 Å². The average molecular weight is 217 g/mol. The highest BCUT2D eigenvalue weighted by atomic mass is 35.5. The Morgan fingerprint density at radius 1 is 1.46 bits per heavy atom. The molecule has 0 aromatic carbocycles. The van der Waals surface area contributed by atoms with Crippen LogP contribution in [0.3, 0.4) is 0 Å². The van der Waals surface area contributed by atoms with E-state index in [1.165, 1.54) is 6.42 Å². The van der Waals surface area contributed by atoms with Gasteiger partial charge in [-0.3, -0.25) is 0 Å². The number of nitrogens with zero attached hydrogens (tertiary/aromatic N) is 1. The quantitative estimate of drug-likeness (QED) is 0.731. The lowest BCUT2D eigenvalue weighted by Crippen LogP contribution is -2.12. The molecule has 0 bridgehead atoms. The monoisotopic (exact) mass is 216 g/mol. The van der Waals surface area contributed by atoms with Gasteiger partial charge >= 0.3 is 0 Å². The fourth-order valence-corrected chi connectivity index (χ4v) is 1.87. The Morgan fingerprint density at radius 2 is 2.31 bits per heavy atom. The summed E-state index contributed by atoms with van der Waals surface area (Å²) in [5.41, 5.74) is 1.13. The summed E-state index contributed by atoms with van der Waals surface area (Å²) in [4.78, 5) is 4.02. The normalized spacial score (nSPS) is 22.2. The summed E-state index contributed by atoms with van der Waals surface area (Å²) >= 11 is 11.6. The molecule has 1 atom stereocenters. The molecule has 70 valence electrons. The van der Waals surface area contributed by atoms with Crippen LogP contribution in [0.5, 0.6) is 0 Å². The maximum atomic E-state index is 5.87. The lowest BCUT2D eigenvalue weighted by Gasteiger charge is -2.10. The highest BCUT2D eigenvalue weighted by Gasteiger charge is 2.17. The zero-order valence-corrected chi connectivity index (χ0v) is 8.57. The average Bonchev–Trinajstić information content (AvgIpc) is 2.62. The zero-order chi connectivity index (χ0) is 9.26. The number of halogens is 2. The summed E-state index contributed by atoms with van der Waals surface area (Å²) in [7, 11) is 0. The smallest absolute Gasteiger partial charge is 0.147 e. The molecule has 1 N–H and O–H groups in total. The Kier molecular flexibility index (Phi) is 2.72. The first-order valence-corrected chi connectivity index (χ1v) is 5.07. The maximum Gasteiger partial charge on any atom is 0.147 e. The van der Waals surface area contributed by atoms with Gasteiger partial charge in [-0.2, -0.15) is 0 Å². The molecule has 1 aromatic heterocycles. The Hall–Kier alpha value is -0.310. The molecule has 1 unspecified atom stereocenters. The molecule has 0 radical (unpaired) electrons. The van der Waals surface area contributed by atoms with Crippen molar-refractivity contribution in [3.8, 4) is 0 Å². The van der Waals surface area contributed by atoms with Gasteiger partial charge in [-0.05, 0) is 31.0 Å². The molecule has 1 aliphatic heterocycles. The van der Waals surface area contributed by atoms with Gasteiger partial charge in [-0.1, -0.05) is 23.2 Å². The van der Waals surface area contributed by atoms with Gasteiger partial charge in [0.25, 0.3) is 0 Å². The molecule has 0 saturated carbocycles. The molecule has 2 heterocycles. The van der Waals surface area contributed by atoms with Crippen molar-refractivity contribution in [1.82, 2.24) is 10.3 Å². The van der Waals surface area contributed by atoms with Crippen LogP contribution in [0.15, 0.2) is 12.3 Å². The first-order chi connectivity index (χ1) is 6.27. The molecule has 1 aliphatic rings. The van der Waals surface area contributed by atoms with Crippen LogP contribution in [-0.2, 0) is 0 Å². The molecule has 0 aliphatic carbocycles. The van der Waals surface area contributed by atoms with Crippen molar-refractivity contribution in [2.75, 3.05) is 6.54 Å². The van der Waals surface area contributed by atoms with Crippen LogP contribution < -0.4 is 5.32 Å². The molecular formula is C9H10Cl2N2. The van der Waals surface area contributed by atoms with Crippen molar-refractivity contribution in [1.29, 1.82) is 0 Å². The molecule has 0 amide bonds. The van der Waals surface area contributed by atoms with Crippen LogP contribution >= 0.6 is 23.2 Å². The lowest BCUT2D eigenvalue weighted by molar-refractivity contribution is 0.645. The summed E-state index contributed by atoms with van der Waals surface area (Å²) in [5.74, 6) is 0. The summed E-state index contributed by atoms with van der Waals surface area (Å²) < 4.78 is 0. The Morgan fingerprint density at radius 3 is 2.92 bits per heavy atom. The predicted octanol–water partition coefficient (Wildman–Crippen LogP) is 2.81. The summed E-state index contributed by atoms with van der Waals surface area (Å²) in [6.07, 6.45) is 4.15. The third kappa shape index (κ3) is 1.96. The van der Waals surface area contributed by atoms with Crippen LogP contribution in [0, 0.1) is 0 Å². The van der Waals surface area contributed by atoms with Crippen molar-refractivity contribution in [2.45, 2.75) is 18.9 Å². The van der Waals surface area contributed by atoms with Crippen LogP contribution in [0.25, 0.3) is 0 Å². The van der Waals surface area contributed by atoms with E-state index < -0.39 is 0 Å². The topological polar surface area (TPSA) is 24.9 Å². The van der Waals surface area contributed by atoms with Crippen molar-refractivity contribution in [3.05, 3.63) is 28.0 Å². The minimum Gasteiger partial charge on any atom is -0.310 e. The lowest BCUT2D eigenvalue weighted by atomic mass is 10.1. The first kappa shape index (κ1) is 9.25.